The number of fused-ring (bicyclic) bond motifs is 3. The Labute approximate surface area is 183 Å². The summed E-state index contributed by atoms with van der Waals surface area (Å²) in [6.07, 6.45) is 2.03. The van der Waals surface area contributed by atoms with Crippen molar-refractivity contribution < 1.29 is 9.53 Å². The summed E-state index contributed by atoms with van der Waals surface area (Å²) < 4.78 is 8.33. The SMILES string of the molecule is COc1ccc(-c2cn3c(n2)sc2cc(C(=O)Nc4cc(C)cc(C)c4)ccc23)cc1. The van der Waals surface area contributed by atoms with Crippen LogP contribution in [0.4, 0.5) is 5.69 Å². The highest BCUT2D eigenvalue weighted by molar-refractivity contribution is 7.23. The van der Waals surface area contributed by atoms with Crippen molar-refractivity contribution in [2.24, 2.45) is 0 Å². The van der Waals surface area contributed by atoms with Gasteiger partial charge in [-0.1, -0.05) is 17.4 Å². The van der Waals surface area contributed by atoms with Crippen molar-refractivity contribution in [1.82, 2.24) is 9.38 Å². The number of amides is 1. The summed E-state index contributed by atoms with van der Waals surface area (Å²) >= 11 is 1.57. The van der Waals surface area contributed by atoms with E-state index in [0.717, 1.165) is 49.0 Å². The van der Waals surface area contributed by atoms with E-state index in [1.165, 1.54) is 0 Å². The monoisotopic (exact) mass is 427 g/mol. The minimum absolute atomic E-state index is 0.114. The Morgan fingerprint density at radius 1 is 1.00 bits per heavy atom. The molecule has 1 amide bonds. The lowest BCUT2D eigenvalue weighted by Gasteiger charge is -2.08. The van der Waals surface area contributed by atoms with Crippen molar-refractivity contribution in [3.05, 3.63) is 83.6 Å². The molecular formula is C25H21N3O2S. The van der Waals surface area contributed by atoms with Crippen LogP contribution in [0.25, 0.3) is 26.4 Å². The molecular weight excluding hydrogens is 406 g/mol. The lowest BCUT2D eigenvalue weighted by molar-refractivity contribution is 0.102. The maximum absolute atomic E-state index is 12.8. The van der Waals surface area contributed by atoms with Crippen molar-refractivity contribution in [3.8, 4) is 17.0 Å². The molecule has 31 heavy (non-hydrogen) atoms. The Morgan fingerprint density at radius 2 is 1.74 bits per heavy atom. The molecule has 0 aliphatic carbocycles. The third-order valence-electron chi connectivity index (χ3n) is 5.22. The molecule has 0 saturated heterocycles. The van der Waals surface area contributed by atoms with Gasteiger partial charge in [-0.15, -0.1) is 0 Å². The van der Waals surface area contributed by atoms with Crippen molar-refractivity contribution in [2.75, 3.05) is 12.4 Å². The number of nitrogens with zero attached hydrogens (tertiary/aromatic N) is 2. The van der Waals surface area contributed by atoms with Crippen molar-refractivity contribution in [1.29, 1.82) is 0 Å². The number of carbonyl (C=O) groups is 1. The zero-order chi connectivity index (χ0) is 21.5. The van der Waals surface area contributed by atoms with Gasteiger partial charge in [-0.3, -0.25) is 9.20 Å². The van der Waals surface area contributed by atoms with Crippen molar-refractivity contribution >= 4 is 38.1 Å². The Kier molecular flexibility index (Phi) is 4.71. The Bertz CT molecular complexity index is 1410. The standard InChI is InChI=1S/C25H21N3O2S/c1-15-10-16(2)12-19(11-15)26-24(29)18-6-9-22-23(13-18)31-25-27-21(14-28(22)25)17-4-7-20(30-3)8-5-17/h4-14H,1-3H3,(H,26,29). The molecule has 5 rings (SSSR count). The predicted octanol–water partition coefficient (Wildman–Crippen LogP) is 6.09. The molecule has 0 atom stereocenters. The van der Waals surface area contributed by atoms with Crippen LogP contribution in [0.1, 0.15) is 21.5 Å². The van der Waals surface area contributed by atoms with Crippen LogP contribution in [0.3, 0.4) is 0 Å². The van der Waals surface area contributed by atoms with E-state index in [-0.39, 0.29) is 5.91 Å². The fourth-order valence-electron chi connectivity index (χ4n) is 3.79. The minimum atomic E-state index is -0.114. The number of methoxy groups -OCH3 is 1. The quantitative estimate of drug-likeness (QED) is 0.377. The molecule has 0 spiro atoms. The van der Waals surface area contributed by atoms with Gasteiger partial charge < -0.3 is 10.1 Å². The summed E-state index contributed by atoms with van der Waals surface area (Å²) in [6, 6.07) is 19.7. The Morgan fingerprint density at radius 3 is 2.45 bits per heavy atom. The number of thiazole rings is 1. The first kappa shape index (κ1) is 19.3. The summed E-state index contributed by atoms with van der Waals surface area (Å²) in [5, 5.41) is 3.01. The zero-order valence-corrected chi connectivity index (χ0v) is 18.3. The maximum Gasteiger partial charge on any atom is 0.255 e. The normalized spacial score (nSPS) is 11.2. The molecule has 2 aromatic heterocycles. The molecule has 0 unspecified atom stereocenters. The fraction of sp³-hybridized carbons (Fsp3) is 0.120. The predicted molar refractivity (Wildman–Crippen MR) is 126 cm³/mol. The van der Waals surface area contributed by atoms with Gasteiger partial charge in [0.05, 0.1) is 23.0 Å². The number of hydrogen-bond donors (Lipinski definition) is 1. The first-order valence-corrected chi connectivity index (χ1v) is 10.8. The average molecular weight is 428 g/mol. The molecule has 154 valence electrons. The second-order valence-electron chi connectivity index (χ2n) is 7.62. The minimum Gasteiger partial charge on any atom is -0.497 e. The number of aromatic nitrogens is 2. The summed E-state index contributed by atoms with van der Waals surface area (Å²) in [5.74, 6) is 0.707. The number of ether oxygens (including phenoxy) is 1. The van der Waals surface area contributed by atoms with Gasteiger partial charge in [0.1, 0.15) is 5.75 Å². The summed E-state index contributed by atoms with van der Waals surface area (Å²) in [5.41, 5.74) is 6.67. The van der Waals surface area contributed by atoms with E-state index in [0.29, 0.717) is 5.56 Å². The lowest BCUT2D eigenvalue weighted by Crippen LogP contribution is -2.11. The Hall–Kier alpha value is -3.64. The van der Waals surface area contributed by atoms with Gasteiger partial charge in [-0.05, 0) is 79.6 Å². The third-order valence-corrected chi connectivity index (χ3v) is 6.24. The van der Waals surface area contributed by atoms with Crippen LogP contribution in [-0.2, 0) is 0 Å². The van der Waals surface area contributed by atoms with Gasteiger partial charge in [0.25, 0.3) is 5.91 Å². The zero-order valence-electron chi connectivity index (χ0n) is 17.5. The third kappa shape index (κ3) is 3.66. The number of aryl methyl sites for hydroxylation is 2. The van der Waals surface area contributed by atoms with Crippen LogP contribution in [0.15, 0.2) is 66.9 Å². The lowest BCUT2D eigenvalue weighted by atomic mass is 10.1. The van der Waals surface area contributed by atoms with Crippen LogP contribution in [0.2, 0.25) is 0 Å². The van der Waals surface area contributed by atoms with Crippen molar-refractivity contribution in [3.63, 3.8) is 0 Å². The summed E-state index contributed by atoms with van der Waals surface area (Å²) in [7, 11) is 1.66. The number of benzene rings is 3. The van der Waals surface area contributed by atoms with Gasteiger partial charge in [0.15, 0.2) is 4.96 Å². The van der Waals surface area contributed by atoms with Gasteiger partial charge >= 0.3 is 0 Å². The van der Waals surface area contributed by atoms with Gasteiger partial charge in [0, 0.05) is 23.0 Å². The molecule has 0 fully saturated rings. The molecule has 5 nitrogen and oxygen atoms in total. The van der Waals surface area contributed by atoms with Gasteiger partial charge in [-0.25, -0.2) is 4.98 Å². The second kappa shape index (κ2) is 7.56. The van der Waals surface area contributed by atoms with E-state index in [2.05, 4.69) is 15.8 Å². The summed E-state index contributed by atoms with van der Waals surface area (Å²) in [6.45, 7) is 4.05. The van der Waals surface area contributed by atoms with Crippen LogP contribution < -0.4 is 10.1 Å². The highest BCUT2D eigenvalue weighted by atomic mass is 32.1. The summed E-state index contributed by atoms with van der Waals surface area (Å²) in [4.78, 5) is 18.5. The number of hydrogen-bond acceptors (Lipinski definition) is 4. The molecule has 2 heterocycles. The number of carbonyl (C=O) groups excluding carboxylic acids is 1. The first-order valence-electron chi connectivity index (χ1n) is 9.96. The van der Waals surface area contributed by atoms with Crippen LogP contribution >= 0.6 is 11.3 Å². The average Bonchev–Trinajstić information content (AvgIpc) is 3.30. The van der Waals surface area contributed by atoms with Gasteiger partial charge in [-0.2, -0.15) is 0 Å². The first-order chi connectivity index (χ1) is 15.0. The molecule has 0 aliphatic heterocycles. The van der Waals surface area contributed by atoms with E-state index < -0.39 is 0 Å². The van der Waals surface area contributed by atoms with E-state index >= 15 is 0 Å². The largest absolute Gasteiger partial charge is 0.497 e. The molecule has 6 heteroatoms. The topological polar surface area (TPSA) is 55.6 Å². The molecule has 0 bridgehead atoms. The van der Waals surface area contributed by atoms with Crippen LogP contribution in [0, 0.1) is 13.8 Å². The van der Waals surface area contributed by atoms with E-state index in [4.69, 9.17) is 9.72 Å². The number of anilines is 1. The molecule has 0 saturated carbocycles. The van der Waals surface area contributed by atoms with Crippen molar-refractivity contribution in [2.45, 2.75) is 13.8 Å². The molecule has 1 N–H and O–H groups in total. The smallest absolute Gasteiger partial charge is 0.255 e. The van der Waals surface area contributed by atoms with E-state index in [1.807, 2.05) is 74.6 Å². The Balaban J connectivity index is 1.45. The van der Waals surface area contributed by atoms with Crippen LogP contribution in [0.5, 0.6) is 5.75 Å². The highest BCUT2D eigenvalue weighted by Crippen LogP contribution is 2.31. The van der Waals surface area contributed by atoms with Crippen LogP contribution in [-0.4, -0.2) is 22.4 Å². The fourth-order valence-corrected chi connectivity index (χ4v) is 4.84. The number of imidazole rings is 1. The number of rotatable bonds is 4. The highest BCUT2D eigenvalue weighted by Gasteiger charge is 2.13. The van der Waals surface area contributed by atoms with E-state index in [9.17, 15) is 4.79 Å². The second-order valence-corrected chi connectivity index (χ2v) is 8.63. The van der Waals surface area contributed by atoms with Gasteiger partial charge in [0.2, 0.25) is 0 Å². The molecule has 3 aromatic carbocycles. The van der Waals surface area contributed by atoms with E-state index in [1.54, 1.807) is 18.4 Å². The number of nitrogens with one attached hydrogen (secondary N) is 1. The molecule has 0 radical (unpaired) electrons. The molecule has 0 aliphatic rings. The molecule has 5 aromatic rings. The maximum atomic E-state index is 12.8.